The molecule has 1 saturated heterocycles. The Morgan fingerprint density at radius 2 is 2.00 bits per heavy atom. The Balaban J connectivity index is 2.33. The van der Waals surface area contributed by atoms with Gasteiger partial charge in [-0.15, -0.1) is 23.2 Å². The first-order valence-corrected chi connectivity index (χ1v) is 5.79. The summed E-state index contributed by atoms with van der Waals surface area (Å²) in [4.78, 5) is 0. The first-order valence-electron chi connectivity index (χ1n) is 4.82. The number of hydrogen-bond donors (Lipinski definition) is 1. The smallest absolute Gasteiger partial charge is 0.158 e. The van der Waals surface area contributed by atoms with Crippen molar-refractivity contribution in [1.82, 2.24) is 0 Å². The van der Waals surface area contributed by atoms with Crippen LogP contribution in [0.3, 0.4) is 0 Å². The van der Waals surface area contributed by atoms with Gasteiger partial charge in [-0.3, -0.25) is 0 Å². The molecule has 1 aliphatic heterocycles. The molecule has 14 heavy (non-hydrogen) atoms. The third kappa shape index (κ3) is 3.91. The van der Waals surface area contributed by atoms with E-state index in [1.807, 2.05) is 0 Å². The molecule has 0 radical (unpaired) electrons. The van der Waals surface area contributed by atoms with Crippen LogP contribution < -0.4 is 0 Å². The third-order valence-electron chi connectivity index (χ3n) is 2.34. The summed E-state index contributed by atoms with van der Waals surface area (Å²) in [6, 6.07) is 0. The molecule has 0 spiro atoms. The van der Waals surface area contributed by atoms with Gasteiger partial charge < -0.3 is 14.6 Å². The van der Waals surface area contributed by atoms with E-state index in [0.29, 0.717) is 31.9 Å². The monoisotopic (exact) mass is 242 g/mol. The maximum absolute atomic E-state index is 8.87. The van der Waals surface area contributed by atoms with Crippen LogP contribution in [0.25, 0.3) is 0 Å². The van der Waals surface area contributed by atoms with Gasteiger partial charge in [-0.2, -0.15) is 0 Å². The van der Waals surface area contributed by atoms with Crippen LogP contribution in [0.2, 0.25) is 0 Å². The first-order chi connectivity index (χ1) is 6.77. The topological polar surface area (TPSA) is 38.7 Å². The van der Waals surface area contributed by atoms with Crippen molar-refractivity contribution in [1.29, 1.82) is 0 Å². The summed E-state index contributed by atoms with van der Waals surface area (Å²) in [5, 5.41) is 8.74. The van der Waals surface area contributed by atoms with Crippen molar-refractivity contribution in [2.45, 2.75) is 24.5 Å². The molecule has 1 rings (SSSR count). The second kappa shape index (κ2) is 6.85. The second-order valence-corrected chi connectivity index (χ2v) is 4.22. The maximum atomic E-state index is 8.87. The molecule has 1 aliphatic rings. The van der Waals surface area contributed by atoms with Crippen molar-refractivity contribution in [3.05, 3.63) is 0 Å². The lowest BCUT2D eigenvalue weighted by Crippen LogP contribution is -2.24. The Bertz CT molecular complexity index is 151. The van der Waals surface area contributed by atoms with Crippen molar-refractivity contribution in [3.8, 4) is 0 Å². The molecule has 0 amide bonds. The fraction of sp³-hybridized carbons (Fsp3) is 1.00. The number of aliphatic hydroxyl groups excluding tert-OH is 1. The number of alkyl halides is 2. The molecule has 5 heteroatoms. The fourth-order valence-electron chi connectivity index (χ4n) is 1.53. The Hall–Kier alpha value is 0.460. The highest BCUT2D eigenvalue weighted by Gasteiger charge is 2.25. The van der Waals surface area contributed by atoms with Crippen LogP contribution in [0.15, 0.2) is 0 Å². The Morgan fingerprint density at radius 3 is 2.50 bits per heavy atom. The van der Waals surface area contributed by atoms with Gasteiger partial charge in [0.15, 0.2) is 6.29 Å². The van der Waals surface area contributed by atoms with E-state index in [1.165, 1.54) is 0 Å². The molecule has 0 aromatic heterocycles. The minimum atomic E-state index is -0.170. The van der Waals surface area contributed by atoms with Crippen molar-refractivity contribution in [2.75, 3.05) is 25.7 Å². The zero-order valence-corrected chi connectivity index (χ0v) is 9.51. The SMILES string of the molecule is OCCC(CC1OCCO1)C(Cl)CCl. The van der Waals surface area contributed by atoms with Crippen LogP contribution in [0.1, 0.15) is 12.8 Å². The van der Waals surface area contributed by atoms with Crippen LogP contribution >= 0.6 is 23.2 Å². The van der Waals surface area contributed by atoms with Crippen LogP contribution in [0.4, 0.5) is 0 Å². The van der Waals surface area contributed by atoms with E-state index < -0.39 is 0 Å². The summed E-state index contributed by atoms with van der Waals surface area (Å²) in [6.45, 7) is 1.41. The molecule has 0 aromatic carbocycles. The second-order valence-electron chi connectivity index (χ2n) is 3.35. The Morgan fingerprint density at radius 1 is 1.36 bits per heavy atom. The molecule has 1 fully saturated rings. The van der Waals surface area contributed by atoms with Crippen molar-refractivity contribution >= 4 is 23.2 Å². The van der Waals surface area contributed by atoms with E-state index >= 15 is 0 Å². The van der Waals surface area contributed by atoms with Crippen LogP contribution in [-0.2, 0) is 9.47 Å². The Labute approximate surface area is 94.3 Å². The fourth-order valence-corrected chi connectivity index (χ4v) is 2.01. The Kier molecular flexibility index (Phi) is 6.13. The van der Waals surface area contributed by atoms with Gasteiger partial charge in [-0.25, -0.2) is 0 Å². The standard InChI is InChI=1S/C9H16Cl2O3/c10-6-8(11)7(1-2-12)5-9-13-3-4-14-9/h7-9,12H,1-6H2. The zero-order valence-electron chi connectivity index (χ0n) is 7.99. The number of ether oxygens (including phenoxy) is 2. The lowest BCUT2D eigenvalue weighted by molar-refractivity contribution is -0.0583. The molecule has 84 valence electrons. The molecule has 0 saturated carbocycles. The summed E-state index contributed by atoms with van der Waals surface area (Å²) in [5.41, 5.74) is 0. The van der Waals surface area contributed by atoms with Crippen molar-refractivity contribution in [3.63, 3.8) is 0 Å². The van der Waals surface area contributed by atoms with Crippen LogP contribution in [-0.4, -0.2) is 42.5 Å². The molecule has 2 unspecified atom stereocenters. The van der Waals surface area contributed by atoms with Gasteiger partial charge in [0.1, 0.15) is 0 Å². The summed E-state index contributed by atoms with van der Waals surface area (Å²) in [7, 11) is 0. The number of halogens is 2. The van der Waals surface area contributed by atoms with E-state index in [0.717, 1.165) is 0 Å². The molecule has 2 atom stereocenters. The lowest BCUT2D eigenvalue weighted by atomic mass is 9.98. The van der Waals surface area contributed by atoms with Crippen LogP contribution in [0, 0.1) is 5.92 Å². The minimum absolute atomic E-state index is 0.123. The molecule has 0 aromatic rings. The summed E-state index contributed by atoms with van der Waals surface area (Å²) >= 11 is 11.7. The predicted octanol–water partition coefficient (Wildman–Crippen LogP) is 1.59. The van der Waals surface area contributed by atoms with E-state index in [9.17, 15) is 0 Å². The van der Waals surface area contributed by atoms with E-state index in [4.69, 9.17) is 37.8 Å². The molecule has 0 aliphatic carbocycles. The minimum Gasteiger partial charge on any atom is -0.396 e. The summed E-state index contributed by atoms with van der Waals surface area (Å²) < 4.78 is 10.6. The third-order valence-corrected chi connectivity index (χ3v) is 3.35. The molecule has 1 N–H and O–H groups in total. The van der Waals surface area contributed by atoms with E-state index in [1.54, 1.807) is 0 Å². The predicted molar refractivity (Wildman–Crippen MR) is 55.9 cm³/mol. The average Bonchev–Trinajstić information content (AvgIpc) is 2.68. The molecular weight excluding hydrogens is 227 g/mol. The summed E-state index contributed by atoms with van der Waals surface area (Å²) in [5.74, 6) is 0.543. The summed E-state index contributed by atoms with van der Waals surface area (Å²) in [6.07, 6.45) is 1.18. The van der Waals surface area contributed by atoms with E-state index in [-0.39, 0.29) is 24.2 Å². The van der Waals surface area contributed by atoms with Crippen LogP contribution in [0.5, 0.6) is 0 Å². The van der Waals surface area contributed by atoms with Gasteiger partial charge in [-0.05, 0) is 12.3 Å². The van der Waals surface area contributed by atoms with Gasteiger partial charge in [0.25, 0.3) is 0 Å². The van der Waals surface area contributed by atoms with Gasteiger partial charge in [0.2, 0.25) is 0 Å². The van der Waals surface area contributed by atoms with Crippen molar-refractivity contribution in [2.24, 2.45) is 5.92 Å². The normalized spacial score (nSPS) is 22.5. The zero-order chi connectivity index (χ0) is 10.4. The number of aliphatic hydroxyl groups is 1. The first kappa shape index (κ1) is 12.5. The highest BCUT2D eigenvalue weighted by molar-refractivity contribution is 6.28. The number of hydrogen-bond acceptors (Lipinski definition) is 3. The van der Waals surface area contributed by atoms with Crippen molar-refractivity contribution < 1.29 is 14.6 Å². The maximum Gasteiger partial charge on any atom is 0.158 e. The average molecular weight is 243 g/mol. The van der Waals surface area contributed by atoms with Gasteiger partial charge in [0, 0.05) is 18.9 Å². The van der Waals surface area contributed by atoms with Gasteiger partial charge >= 0.3 is 0 Å². The molecular formula is C9H16Cl2O3. The molecule has 0 bridgehead atoms. The van der Waals surface area contributed by atoms with Gasteiger partial charge in [0.05, 0.1) is 18.6 Å². The highest BCUT2D eigenvalue weighted by atomic mass is 35.5. The highest BCUT2D eigenvalue weighted by Crippen LogP contribution is 2.24. The molecule has 1 heterocycles. The van der Waals surface area contributed by atoms with E-state index in [2.05, 4.69) is 0 Å². The largest absolute Gasteiger partial charge is 0.396 e. The molecule has 3 nitrogen and oxygen atoms in total. The quantitative estimate of drug-likeness (QED) is 0.720. The lowest BCUT2D eigenvalue weighted by Gasteiger charge is -2.22. The number of rotatable bonds is 6. The van der Waals surface area contributed by atoms with Gasteiger partial charge in [-0.1, -0.05) is 0 Å².